The summed E-state index contributed by atoms with van der Waals surface area (Å²) in [7, 11) is 3.06. The van der Waals surface area contributed by atoms with Crippen molar-refractivity contribution in [1.82, 2.24) is 4.90 Å². The van der Waals surface area contributed by atoms with Crippen LogP contribution in [0.15, 0.2) is 58.3 Å². The van der Waals surface area contributed by atoms with Crippen molar-refractivity contribution in [2.24, 2.45) is 5.14 Å². The van der Waals surface area contributed by atoms with Crippen molar-refractivity contribution in [3.63, 3.8) is 0 Å². The van der Waals surface area contributed by atoms with Gasteiger partial charge in [-0.1, -0.05) is 18.2 Å². The predicted molar refractivity (Wildman–Crippen MR) is 136 cm³/mol. The molecule has 0 aliphatic rings. The molecule has 0 bridgehead atoms. The zero-order valence-electron chi connectivity index (χ0n) is 19.9. The van der Waals surface area contributed by atoms with Gasteiger partial charge >= 0.3 is 11.8 Å². The van der Waals surface area contributed by atoms with Crippen molar-refractivity contribution in [2.75, 3.05) is 32.2 Å². The van der Waals surface area contributed by atoms with Gasteiger partial charge in [-0.05, 0) is 75.6 Å². The number of thioether (sulfide) groups is 1. The molecule has 4 N–H and O–H groups in total. The Kier molecular flexibility index (Phi) is 12.7. The van der Waals surface area contributed by atoms with Crippen molar-refractivity contribution in [3.05, 3.63) is 53.4 Å². The molecule has 0 aliphatic carbocycles. The van der Waals surface area contributed by atoms with Gasteiger partial charge in [0.2, 0.25) is 0 Å². The van der Waals surface area contributed by atoms with Crippen molar-refractivity contribution >= 4 is 41.2 Å². The highest BCUT2D eigenvalue weighted by atomic mass is 32.2. The van der Waals surface area contributed by atoms with E-state index in [1.807, 2.05) is 38.6 Å². The van der Waals surface area contributed by atoms with Crippen LogP contribution in [0.2, 0.25) is 0 Å². The third kappa shape index (κ3) is 11.8. The minimum Gasteiger partial charge on any atom is -0.444 e. The Bertz CT molecular complexity index is 877. The number of carbonyl (C=O) groups is 1. The maximum atomic E-state index is 11.7. The van der Waals surface area contributed by atoms with Crippen LogP contribution in [0, 0.1) is 4.91 Å². The van der Waals surface area contributed by atoms with E-state index in [0.29, 0.717) is 10.6 Å². The van der Waals surface area contributed by atoms with Crippen LogP contribution in [0.4, 0.5) is 16.2 Å². The fourth-order valence-corrected chi connectivity index (χ4v) is 3.70. The summed E-state index contributed by atoms with van der Waals surface area (Å²) in [6, 6.07) is 15.3. The zero-order valence-corrected chi connectivity index (χ0v) is 21.6. The lowest BCUT2D eigenvalue weighted by molar-refractivity contribution is -0.736. The summed E-state index contributed by atoms with van der Waals surface area (Å²) in [4.78, 5) is 31.3. The Balaban J connectivity index is 0.000000361. The van der Waals surface area contributed by atoms with E-state index in [1.54, 1.807) is 30.1 Å². The van der Waals surface area contributed by atoms with Crippen LogP contribution in [0.3, 0.4) is 0 Å². The Morgan fingerprint density at radius 1 is 1.09 bits per heavy atom. The maximum absolute atomic E-state index is 11.7. The van der Waals surface area contributed by atoms with Gasteiger partial charge in [0.15, 0.2) is 7.11 Å². The SMILES string of the molecule is CN(CCCCSc1ccccc1)C(=O)OC(C)(C)C.CO[N+](=O)c1cc(SN)ccc1N. The third-order valence-electron chi connectivity index (χ3n) is 4.11. The van der Waals surface area contributed by atoms with Crippen LogP contribution in [0.5, 0.6) is 0 Å². The molecule has 0 saturated heterocycles. The highest BCUT2D eigenvalue weighted by Crippen LogP contribution is 2.26. The molecule has 0 unspecified atom stereocenters. The first-order chi connectivity index (χ1) is 15.6. The van der Waals surface area contributed by atoms with E-state index >= 15 is 0 Å². The van der Waals surface area contributed by atoms with Crippen LogP contribution < -0.4 is 10.9 Å². The molecule has 0 fully saturated rings. The molecule has 2 aromatic rings. The van der Waals surface area contributed by atoms with E-state index in [-0.39, 0.29) is 11.8 Å². The minimum absolute atomic E-state index is 0.242. The van der Waals surface area contributed by atoms with Crippen LogP contribution in [-0.2, 0) is 9.57 Å². The van der Waals surface area contributed by atoms with E-state index < -0.39 is 5.60 Å². The number of nitrogens with two attached hydrogens (primary N) is 2. The number of benzene rings is 2. The number of nitrogens with zero attached hydrogens (tertiary/aromatic N) is 2. The number of ether oxygens (including phenoxy) is 1. The molecule has 1 amide bonds. The van der Waals surface area contributed by atoms with Crippen molar-refractivity contribution in [1.29, 1.82) is 0 Å². The Morgan fingerprint density at radius 2 is 1.76 bits per heavy atom. The summed E-state index contributed by atoms with van der Waals surface area (Å²) in [5, 5.41) is 5.32. The number of hydrogen-bond donors (Lipinski definition) is 2. The van der Waals surface area contributed by atoms with Gasteiger partial charge in [-0.3, -0.25) is 5.14 Å². The Hall–Kier alpha value is -2.43. The highest BCUT2D eigenvalue weighted by Gasteiger charge is 2.20. The molecule has 0 spiro atoms. The van der Waals surface area contributed by atoms with Gasteiger partial charge in [-0.2, -0.15) is 0 Å². The second-order valence-corrected chi connectivity index (χ2v) is 9.92. The minimum atomic E-state index is -0.422. The summed E-state index contributed by atoms with van der Waals surface area (Å²) in [5.41, 5.74) is 5.74. The number of nitrogen functional groups attached to an aromatic ring is 1. The first kappa shape index (κ1) is 28.6. The van der Waals surface area contributed by atoms with E-state index in [1.165, 1.54) is 12.0 Å². The molecule has 8 nitrogen and oxygen atoms in total. The molecule has 0 heterocycles. The molecule has 0 saturated carbocycles. The Morgan fingerprint density at radius 3 is 2.33 bits per heavy atom. The van der Waals surface area contributed by atoms with Crippen LogP contribution >= 0.6 is 23.7 Å². The molecule has 0 atom stereocenters. The number of unbranched alkanes of at least 4 members (excludes halogenated alkanes) is 1. The first-order valence-electron chi connectivity index (χ1n) is 10.5. The lowest BCUT2D eigenvalue weighted by Crippen LogP contribution is -2.34. The van der Waals surface area contributed by atoms with Gasteiger partial charge in [-0.15, -0.1) is 11.8 Å². The zero-order chi connectivity index (χ0) is 24.9. The molecule has 0 aromatic heterocycles. The molecule has 182 valence electrons. The van der Waals surface area contributed by atoms with E-state index in [4.69, 9.17) is 15.6 Å². The average molecular weight is 496 g/mol. The smallest absolute Gasteiger partial charge is 0.410 e. The summed E-state index contributed by atoms with van der Waals surface area (Å²) >= 11 is 2.90. The number of carbonyl (C=O) groups excluding carboxylic acids is 1. The normalized spacial score (nSPS) is 10.6. The summed E-state index contributed by atoms with van der Waals surface area (Å²) in [6.07, 6.45) is 1.84. The van der Waals surface area contributed by atoms with Gasteiger partial charge in [0.05, 0.1) is 4.91 Å². The van der Waals surface area contributed by atoms with Crippen LogP contribution in [0.25, 0.3) is 0 Å². The van der Waals surface area contributed by atoms with Crippen molar-refractivity contribution < 1.29 is 19.3 Å². The number of hydrogen-bond acceptors (Lipinski definition) is 8. The lowest BCUT2D eigenvalue weighted by Gasteiger charge is -2.24. The molecule has 2 aromatic carbocycles. The molecule has 2 rings (SSSR count). The number of amides is 1. The van der Waals surface area contributed by atoms with E-state index in [0.717, 1.165) is 42.0 Å². The highest BCUT2D eigenvalue weighted by molar-refractivity contribution is 7.99. The van der Waals surface area contributed by atoms with Crippen LogP contribution in [0.1, 0.15) is 33.6 Å². The average Bonchev–Trinajstić information content (AvgIpc) is 2.78. The predicted octanol–water partition coefficient (Wildman–Crippen LogP) is 5.63. The monoisotopic (exact) mass is 495 g/mol. The second-order valence-electron chi connectivity index (χ2n) is 8.05. The lowest BCUT2D eigenvalue weighted by atomic mass is 10.2. The summed E-state index contributed by atoms with van der Waals surface area (Å²) < 4.78 is 5.31. The van der Waals surface area contributed by atoms with Gasteiger partial charge in [0, 0.05) is 29.4 Å². The quantitative estimate of drug-likeness (QED) is 0.151. The topological polar surface area (TPSA) is 111 Å². The van der Waals surface area contributed by atoms with Gasteiger partial charge in [-0.25, -0.2) is 9.63 Å². The van der Waals surface area contributed by atoms with Gasteiger partial charge in [0.1, 0.15) is 11.3 Å². The molecule has 33 heavy (non-hydrogen) atoms. The standard InChI is InChI=1S/C16H25NO2S.C7H10N3O2S/c1-16(2,3)19-15(18)17(4)12-8-9-13-20-14-10-6-5-7-11-14;1-12-10(11)7-4-5(13-9)2-3-6(7)8/h5-7,10-11H,8-9,12-13H2,1-4H3;2-4H,8-9H2,1H3/q;+1. The van der Waals surface area contributed by atoms with Crippen molar-refractivity contribution in [2.45, 2.75) is 49.0 Å². The maximum Gasteiger partial charge on any atom is 0.410 e. The fourth-order valence-electron chi connectivity index (χ4n) is 2.44. The van der Waals surface area contributed by atoms with Crippen molar-refractivity contribution in [3.8, 4) is 0 Å². The Labute approximate surface area is 205 Å². The second kappa shape index (κ2) is 14.7. The van der Waals surface area contributed by atoms with E-state index in [2.05, 4.69) is 29.1 Å². The molecular formula is C23H35N4O4S2+. The third-order valence-corrected chi connectivity index (χ3v) is 5.73. The van der Waals surface area contributed by atoms with Gasteiger partial charge in [0.25, 0.3) is 4.92 Å². The largest absolute Gasteiger partial charge is 0.444 e. The molecular weight excluding hydrogens is 460 g/mol. The van der Waals surface area contributed by atoms with Crippen LogP contribution in [-0.4, -0.2) is 48.0 Å². The summed E-state index contributed by atoms with van der Waals surface area (Å²) in [6.45, 7) is 6.39. The fraction of sp³-hybridized carbons (Fsp3) is 0.435. The number of anilines is 1. The molecule has 0 radical (unpaired) electrons. The molecule has 10 heteroatoms. The number of rotatable bonds is 9. The molecule has 0 aliphatic heterocycles. The van der Waals surface area contributed by atoms with E-state index in [9.17, 15) is 9.70 Å². The summed E-state index contributed by atoms with van der Waals surface area (Å²) in [5.74, 6) is 1.08. The van der Waals surface area contributed by atoms with Gasteiger partial charge < -0.3 is 15.4 Å². The first-order valence-corrected chi connectivity index (χ1v) is 12.3.